The van der Waals surface area contributed by atoms with Crippen LogP contribution in [0.25, 0.3) is 11.0 Å². The number of nitrogens with one attached hydrogen (secondary N) is 1. The zero-order valence-electron chi connectivity index (χ0n) is 24.3. The van der Waals surface area contributed by atoms with E-state index in [1.54, 1.807) is 7.11 Å². The van der Waals surface area contributed by atoms with Crippen LogP contribution in [-0.2, 0) is 5.54 Å². The second kappa shape index (κ2) is 12.2. The van der Waals surface area contributed by atoms with E-state index in [-0.39, 0.29) is 17.6 Å². The molecule has 5 rings (SSSR count). The molecule has 0 radical (unpaired) electrons. The quantitative estimate of drug-likeness (QED) is 0.246. The molecule has 41 heavy (non-hydrogen) atoms. The van der Waals surface area contributed by atoms with Gasteiger partial charge in [0.05, 0.1) is 23.7 Å². The number of imidazole rings is 1. The average Bonchev–Trinajstić information content (AvgIpc) is 3.36. The molecule has 3 aromatic carbocycles. The van der Waals surface area contributed by atoms with E-state index in [1.807, 2.05) is 77.9 Å². The van der Waals surface area contributed by atoms with E-state index in [9.17, 15) is 9.59 Å². The van der Waals surface area contributed by atoms with Crippen molar-refractivity contribution in [3.05, 3.63) is 113 Å². The maximum absolute atomic E-state index is 13.1. The van der Waals surface area contributed by atoms with Crippen LogP contribution in [0.5, 0.6) is 5.75 Å². The highest BCUT2D eigenvalue weighted by Gasteiger charge is 2.42. The van der Waals surface area contributed by atoms with Crippen LogP contribution < -0.4 is 10.4 Å². The first-order valence-corrected chi connectivity index (χ1v) is 14.6. The van der Waals surface area contributed by atoms with Crippen molar-refractivity contribution in [2.24, 2.45) is 0 Å². The number of benzene rings is 3. The van der Waals surface area contributed by atoms with Crippen molar-refractivity contribution < 1.29 is 9.53 Å². The lowest BCUT2D eigenvalue weighted by Crippen LogP contribution is -2.51. The summed E-state index contributed by atoms with van der Waals surface area (Å²) in [5, 5.41) is 0. The van der Waals surface area contributed by atoms with Gasteiger partial charge >= 0.3 is 5.69 Å². The van der Waals surface area contributed by atoms with Gasteiger partial charge in [0.25, 0.3) is 5.91 Å². The van der Waals surface area contributed by atoms with Gasteiger partial charge in [0.1, 0.15) is 5.75 Å². The Hall–Kier alpha value is -4.10. The molecule has 1 saturated heterocycles. The van der Waals surface area contributed by atoms with E-state index >= 15 is 0 Å². The number of para-hydroxylation sites is 2. The maximum atomic E-state index is 13.1. The summed E-state index contributed by atoms with van der Waals surface area (Å²) >= 11 is 0. The summed E-state index contributed by atoms with van der Waals surface area (Å²) in [5.74, 6) is 0.840. The standard InChI is InChI=1S/C34H40N4O3/c1-5-21-34(27-11-10-12-29(24-27)41-4,26-17-15-25(16-18-26)32(39)36(6-2)7-3)37-22-19-28(20-23-37)38-31-14-9-8-13-30(31)35-33(38)40/h5,8-18,24,28H,1,6-7,19-23H2,2-4H3,(H,35,40). The van der Waals surface area contributed by atoms with Crippen LogP contribution in [0.4, 0.5) is 0 Å². The first-order valence-electron chi connectivity index (χ1n) is 14.6. The van der Waals surface area contributed by atoms with E-state index in [0.29, 0.717) is 25.1 Å². The van der Waals surface area contributed by atoms with E-state index in [0.717, 1.165) is 53.8 Å². The number of ether oxygens (including phenoxy) is 1. The van der Waals surface area contributed by atoms with Gasteiger partial charge in [0.2, 0.25) is 0 Å². The Morgan fingerprint density at radius 3 is 2.39 bits per heavy atom. The van der Waals surface area contributed by atoms with E-state index in [4.69, 9.17) is 4.74 Å². The van der Waals surface area contributed by atoms with E-state index in [1.165, 1.54) is 0 Å². The van der Waals surface area contributed by atoms with Crippen LogP contribution in [0.2, 0.25) is 0 Å². The summed E-state index contributed by atoms with van der Waals surface area (Å²) in [6, 6.07) is 24.3. The zero-order valence-corrected chi connectivity index (χ0v) is 24.3. The Labute approximate surface area is 242 Å². The Balaban J connectivity index is 1.54. The van der Waals surface area contributed by atoms with Gasteiger partial charge in [-0.2, -0.15) is 0 Å². The van der Waals surface area contributed by atoms with E-state index < -0.39 is 5.54 Å². The number of nitrogens with zero attached hydrogens (tertiary/aromatic N) is 3. The number of fused-ring (bicyclic) bond motifs is 1. The monoisotopic (exact) mass is 552 g/mol. The number of carbonyl (C=O) groups excluding carboxylic acids is 1. The van der Waals surface area contributed by atoms with Gasteiger partial charge in [0, 0.05) is 37.8 Å². The molecule has 7 nitrogen and oxygen atoms in total. The highest BCUT2D eigenvalue weighted by molar-refractivity contribution is 5.94. The van der Waals surface area contributed by atoms with Gasteiger partial charge in [-0.15, -0.1) is 6.58 Å². The number of piperidine rings is 1. The minimum Gasteiger partial charge on any atom is -0.497 e. The molecular weight excluding hydrogens is 512 g/mol. The molecule has 2 heterocycles. The normalized spacial score (nSPS) is 15.9. The molecule has 1 aliphatic heterocycles. The van der Waals surface area contributed by atoms with Crippen molar-refractivity contribution in [3.8, 4) is 5.75 Å². The molecule has 1 aromatic heterocycles. The van der Waals surface area contributed by atoms with Crippen LogP contribution in [-0.4, -0.2) is 58.5 Å². The summed E-state index contributed by atoms with van der Waals surface area (Å²) in [6.07, 6.45) is 4.33. The van der Waals surface area contributed by atoms with Crippen molar-refractivity contribution >= 4 is 16.9 Å². The van der Waals surface area contributed by atoms with Crippen LogP contribution in [0.1, 0.15) is 60.6 Å². The molecule has 1 amide bonds. The first-order chi connectivity index (χ1) is 20.0. The Morgan fingerprint density at radius 2 is 1.73 bits per heavy atom. The van der Waals surface area contributed by atoms with Crippen molar-refractivity contribution in [3.63, 3.8) is 0 Å². The maximum Gasteiger partial charge on any atom is 0.326 e. The summed E-state index contributed by atoms with van der Waals surface area (Å²) < 4.78 is 7.57. The fourth-order valence-corrected chi connectivity index (χ4v) is 6.51. The molecule has 1 unspecified atom stereocenters. The Kier molecular flexibility index (Phi) is 8.45. The summed E-state index contributed by atoms with van der Waals surface area (Å²) in [6.45, 7) is 11.1. The van der Waals surface area contributed by atoms with Gasteiger partial charge in [-0.1, -0.05) is 42.5 Å². The van der Waals surface area contributed by atoms with Gasteiger partial charge in [-0.3, -0.25) is 14.3 Å². The van der Waals surface area contributed by atoms with Crippen molar-refractivity contribution in [2.45, 2.75) is 44.7 Å². The summed E-state index contributed by atoms with van der Waals surface area (Å²) in [7, 11) is 1.69. The number of aromatic amines is 1. The number of rotatable bonds is 10. The number of hydrogen-bond acceptors (Lipinski definition) is 4. The molecule has 0 saturated carbocycles. The first kappa shape index (κ1) is 28.4. The molecule has 7 heteroatoms. The molecule has 0 spiro atoms. The largest absolute Gasteiger partial charge is 0.497 e. The molecule has 1 atom stereocenters. The molecule has 1 N–H and O–H groups in total. The van der Waals surface area contributed by atoms with Crippen molar-refractivity contribution in [1.29, 1.82) is 0 Å². The number of hydrogen-bond donors (Lipinski definition) is 1. The third-order valence-corrected chi connectivity index (χ3v) is 8.64. The Bertz CT molecular complexity index is 1560. The topological polar surface area (TPSA) is 70.6 Å². The third-order valence-electron chi connectivity index (χ3n) is 8.64. The summed E-state index contributed by atoms with van der Waals surface area (Å²) in [5.41, 5.74) is 4.16. The van der Waals surface area contributed by atoms with Gasteiger partial charge < -0.3 is 14.6 Å². The number of carbonyl (C=O) groups is 1. The van der Waals surface area contributed by atoms with Gasteiger partial charge in [0.15, 0.2) is 0 Å². The lowest BCUT2D eigenvalue weighted by Gasteiger charge is -2.48. The minimum atomic E-state index is -0.511. The smallest absolute Gasteiger partial charge is 0.326 e. The fraction of sp³-hybridized carbons (Fsp3) is 0.353. The predicted molar refractivity (Wildman–Crippen MR) is 165 cm³/mol. The number of aromatic nitrogens is 2. The number of methoxy groups -OCH3 is 1. The average molecular weight is 553 g/mol. The highest BCUT2D eigenvalue weighted by Crippen LogP contribution is 2.43. The second-order valence-electron chi connectivity index (χ2n) is 10.7. The second-order valence-corrected chi connectivity index (χ2v) is 10.7. The Morgan fingerprint density at radius 1 is 1.02 bits per heavy atom. The molecule has 1 fully saturated rings. The lowest BCUT2D eigenvalue weighted by atomic mass is 9.77. The van der Waals surface area contributed by atoms with E-state index in [2.05, 4.69) is 40.7 Å². The number of amides is 1. The van der Waals surface area contributed by atoms with Crippen LogP contribution in [0.3, 0.4) is 0 Å². The van der Waals surface area contributed by atoms with Crippen molar-refractivity contribution in [1.82, 2.24) is 19.4 Å². The number of likely N-dealkylation sites (tertiary alicyclic amines) is 1. The highest BCUT2D eigenvalue weighted by atomic mass is 16.5. The lowest BCUT2D eigenvalue weighted by molar-refractivity contribution is 0.0767. The molecule has 0 bridgehead atoms. The van der Waals surface area contributed by atoms with Crippen LogP contribution in [0.15, 0.2) is 90.2 Å². The van der Waals surface area contributed by atoms with Gasteiger partial charge in [-0.05, 0) is 80.6 Å². The van der Waals surface area contributed by atoms with Crippen LogP contribution >= 0.6 is 0 Å². The molecule has 4 aromatic rings. The predicted octanol–water partition coefficient (Wildman–Crippen LogP) is 5.98. The summed E-state index contributed by atoms with van der Waals surface area (Å²) in [4.78, 5) is 33.4. The fourth-order valence-electron chi connectivity index (χ4n) is 6.51. The number of H-pyrrole nitrogens is 1. The van der Waals surface area contributed by atoms with Gasteiger partial charge in [-0.25, -0.2) is 4.79 Å². The molecular formula is C34H40N4O3. The molecule has 1 aliphatic rings. The zero-order chi connectivity index (χ0) is 29.0. The molecule has 214 valence electrons. The van der Waals surface area contributed by atoms with Crippen LogP contribution in [0, 0.1) is 0 Å². The SMILES string of the molecule is C=CCC(c1ccc(C(=O)N(CC)CC)cc1)(c1cccc(OC)c1)N1CCC(n2c(=O)[nH]c3ccccc32)CC1. The third kappa shape index (κ3) is 5.22. The van der Waals surface area contributed by atoms with Crippen molar-refractivity contribution in [2.75, 3.05) is 33.3 Å². The minimum absolute atomic E-state index is 0.0437. The molecule has 0 aliphatic carbocycles.